The lowest BCUT2D eigenvalue weighted by molar-refractivity contribution is 0.0237. The van der Waals surface area contributed by atoms with Gasteiger partial charge in [-0.05, 0) is 30.2 Å². The Hall–Kier alpha value is -1.36. The molecular weight excluding hydrogens is 235 g/mol. The number of nitrogens with two attached hydrogens (primary N) is 1. The van der Waals surface area contributed by atoms with Crippen LogP contribution >= 0.6 is 0 Å². The zero-order valence-corrected chi connectivity index (χ0v) is 10.8. The molecule has 0 aliphatic carbocycles. The van der Waals surface area contributed by atoms with E-state index in [9.17, 15) is 4.39 Å². The van der Waals surface area contributed by atoms with Gasteiger partial charge in [-0.25, -0.2) is 4.39 Å². The number of anilines is 1. The van der Waals surface area contributed by atoms with Crippen LogP contribution in [0.25, 0.3) is 0 Å². The highest BCUT2D eigenvalue weighted by molar-refractivity contribution is 5.40. The second-order valence-corrected chi connectivity index (χ2v) is 5.12. The van der Waals surface area contributed by atoms with Gasteiger partial charge in [0.05, 0.1) is 7.11 Å². The van der Waals surface area contributed by atoms with Crippen LogP contribution in [-0.2, 0) is 11.2 Å². The van der Waals surface area contributed by atoms with E-state index in [1.54, 1.807) is 6.07 Å². The van der Waals surface area contributed by atoms with E-state index < -0.39 is 5.82 Å². The fourth-order valence-corrected chi connectivity index (χ4v) is 2.31. The van der Waals surface area contributed by atoms with Gasteiger partial charge in [-0.1, -0.05) is 6.92 Å². The van der Waals surface area contributed by atoms with Crippen LogP contribution in [0.4, 0.5) is 10.2 Å². The lowest BCUT2D eigenvalue weighted by atomic mass is 9.77. The minimum atomic E-state index is -0.427. The maximum absolute atomic E-state index is 14.0. The lowest BCUT2D eigenvalue weighted by Crippen LogP contribution is -2.29. The highest BCUT2D eigenvalue weighted by Crippen LogP contribution is 2.35. The third-order valence-electron chi connectivity index (χ3n) is 3.56. The zero-order chi connectivity index (χ0) is 13.2. The van der Waals surface area contributed by atoms with Crippen molar-refractivity contribution >= 4 is 5.82 Å². The molecule has 2 rings (SSSR count). The molecular formula is C13H19FN2O2. The van der Waals surface area contributed by atoms with Crippen molar-refractivity contribution in [2.75, 3.05) is 26.1 Å². The summed E-state index contributed by atoms with van der Waals surface area (Å²) in [6.07, 6.45) is 2.49. The summed E-state index contributed by atoms with van der Waals surface area (Å²) in [6, 6.07) is 1.63. The second kappa shape index (κ2) is 5.10. The summed E-state index contributed by atoms with van der Waals surface area (Å²) in [5.74, 6) is -0.164. The molecule has 4 nitrogen and oxygen atoms in total. The summed E-state index contributed by atoms with van der Waals surface area (Å²) in [7, 11) is 1.50. The van der Waals surface area contributed by atoms with E-state index in [0.29, 0.717) is 17.9 Å². The van der Waals surface area contributed by atoms with Crippen molar-refractivity contribution in [1.82, 2.24) is 4.98 Å². The molecule has 18 heavy (non-hydrogen) atoms. The van der Waals surface area contributed by atoms with Crippen LogP contribution in [0, 0.1) is 11.2 Å². The highest BCUT2D eigenvalue weighted by Gasteiger charge is 2.29. The Kier molecular flexibility index (Phi) is 3.71. The smallest absolute Gasteiger partial charge is 0.215 e. The van der Waals surface area contributed by atoms with Crippen LogP contribution in [0.15, 0.2) is 6.07 Å². The van der Waals surface area contributed by atoms with Gasteiger partial charge in [-0.3, -0.25) is 0 Å². The topological polar surface area (TPSA) is 57.4 Å². The number of rotatable bonds is 3. The first-order valence-electron chi connectivity index (χ1n) is 6.11. The fourth-order valence-electron chi connectivity index (χ4n) is 2.31. The molecule has 0 saturated carbocycles. The summed E-state index contributed by atoms with van der Waals surface area (Å²) in [5.41, 5.74) is 6.18. The quantitative estimate of drug-likeness (QED) is 0.898. The van der Waals surface area contributed by atoms with E-state index >= 15 is 0 Å². The summed E-state index contributed by atoms with van der Waals surface area (Å²) >= 11 is 0. The monoisotopic (exact) mass is 254 g/mol. The van der Waals surface area contributed by atoms with Crippen LogP contribution < -0.4 is 10.5 Å². The molecule has 2 N–H and O–H groups in total. The Morgan fingerprint density at radius 2 is 2.17 bits per heavy atom. The number of nitrogen functional groups attached to an aromatic ring is 1. The summed E-state index contributed by atoms with van der Waals surface area (Å²) < 4.78 is 24.3. The number of pyridine rings is 1. The molecule has 1 saturated heterocycles. The number of ether oxygens (including phenoxy) is 2. The molecule has 1 aromatic rings. The molecule has 1 aromatic heterocycles. The van der Waals surface area contributed by atoms with Gasteiger partial charge in [0.15, 0.2) is 11.6 Å². The Labute approximate surface area is 106 Å². The van der Waals surface area contributed by atoms with Gasteiger partial charge in [0, 0.05) is 19.3 Å². The van der Waals surface area contributed by atoms with Crippen LogP contribution in [-0.4, -0.2) is 25.3 Å². The third-order valence-corrected chi connectivity index (χ3v) is 3.56. The van der Waals surface area contributed by atoms with E-state index in [1.807, 2.05) is 0 Å². The molecule has 5 heteroatoms. The maximum Gasteiger partial charge on any atom is 0.215 e. The van der Waals surface area contributed by atoms with E-state index in [2.05, 4.69) is 11.9 Å². The number of hydrogen-bond donors (Lipinski definition) is 1. The summed E-state index contributed by atoms with van der Waals surface area (Å²) in [4.78, 5) is 3.82. The number of hydrogen-bond acceptors (Lipinski definition) is 4. The van der Waals surface area contributed by atoms with Gasteiger partial charge in [-0.2, -0.15) is 4.98 Å². The second-order valence-electron chi connectivity index (χ2n) is 5.12. The fraction of sp³-hybridized carbons (Fsp3) is 0.615. The maximum atomic E-state index is 14.0. The molecule has 1 aliphatic rings. The van der Waals surface area contributed by atoms with Crippen LogP contribution in [0.1, 0.15) is 25.3 Å². The third kappa shape index (κ3) is 2.72. The highest BCUT2D eigenvalue weighted by atomic mass is 19.1. The van der Waals surface area contributed by atoms with Crippen molar-refractivity contribution < 1.29 is 13.9 Å². The standard InChI is InChI=1S/C13H19FN2O2/c1-13(3-5-18-6-4-13)8-9-7-10(17-2)16-12(15)11(9)14/h7H,3-6,8H2,1-2H3,(H2,15,16). The summed E-state index contributed by atoms with van der Waals surface area (Å²) in [5, 5.41) is 0. The van der Waals surface area contributed by atoms with Crippen molar-refractivity contribution in [3.8, 4) is 5.88 Å². The average molecular weight is 254 g/mol. The molecule has 0 spiro atoms. The van der Waals surface area contributed by atoms with Crippen molar-refractivity contribution in [3.05, 3.63) is 17.4 Å². The Bertz CT molecular complexity index is 431. The van der Waals surface area contributed by atoms with Gasteiger partial charge in [0.25, 0.3) is 0 Å². The summed E-state index contributed by atoms with van der Waals surface area (Å²) in [6.45, 7) is 3.61. The molecule has 1 aliphatic heterocycles. The molecule has 1 fully saturated rings. The van der Waals surface area contributed by atoms with Gasteiger partial charge >= 0.3 is 0 Å². The van der Waals surface area contributed by atoms with E-state index in [1.165, 1.54) is 7.11 Å². The largest absolute Gasteiger partial charge is 0.481 e. The number of methoxy groups -OCH3 is 1. The van der Waals surface area contributed by atoms with Crippen molar-refractivity contribution in [1.29, 1.82) is 0 Å². The minimum Gasteiger partial charge on any atom is -0.481 e. The number of nitrogens with zero attached hydrogens (tertiary/aromatic N) is 1. The Morgan fingerprint density at radius 3 is 2.78 bits per heavy atom. The van der Waals surface area contributed by atoms with Gasteiger partial charge < -0.3 is 15.2 Å². The molecule has 2 heterocycles. The first-order valence-corrected chi connectivity index (χ1v) is 6.11. The SMILES string of the molecule is COc1cc(CC2(C)CCOCC2)c(F)c(N)n1. The van der Waals surface area contributed by atoms with E-state index in [4.69, 9.17) is 15.2 Å². The molecule has 100 valence electrons. The first kappa shape index (κ1) is 13.1. The molecule has 0 radical (unpaired) electrons. The van der Waals surface area contributed by atoms with Crippen LogP contribution in [0.3, 0.4) is 0 Å². The van der Waals surface area contributed by atoms with Gasteiger partial charge in [0.1, 0.15) is 0 Å². The molecule has 0 unspecified atom stereocenters. The number of aromatic nitrogens is 1. The molecule has 0 aromatic carbocycles. The molecule has 0 bridgehead atoms. The zero-order valence-electron chi connectivity index (χ0n) is 10.8. The van der Waals surface area contributed by atoms with E-state index in [0.717, 1.165) is 26.1 Å². The number of halogens is 1. The average Bonchev–Trinajstić information content (AvgIpc) is 2.35. The van der Waals surface area contributed by atoms with Crippen LogP contribution in [0.2, 0.25) is 0 Å². The predicted octanol–water partition coefficient (Wildman–Crippen LogP) is 2.17. The predicted molar refractivity (Wildman–Crippen MR) is 67.0 cm³/mol. The van der Waals surface area contributed by atoms with Crippen LogP contribution in [0.5, 0.6) is 5.88 Å². The lowest BCUT2D eigenvalue weighted by Gasteiger charge is -2.33. The molecule has 0 atom stereocenters. The molecule has 0 amide bonds. The van der Waals surface area contributed by atoms with Crippen molar-refractivity contribution in [3.63, 3.8) is 0 Å². The Morgan fingerprint density at radius 1 is 1.50 bits per heavy atom. The minimum absolute atomic E-state index is 0.0535. The normalized spacial score (nSPS) is 18.6. The first-order chi connectivity index (χ1) is 8.54. The van der Waals surface area contributed by atoms with Crippen molar-refractivity contribution in [2.45, 2.75) is 26.2 Å². The van der Waals surface area contributed by atoms with Crippen molar-refractivity contribution in [2.24, 2.45) is 5.41 Å². The Balaban J connectivity index is 2.24. The van der Waals surface area contributed by atoms with E-state index in [-0.39, 0.29) is 11.2 Å². The van der Waals surface area contributed by atoms with Gasteiger partial charge in [0.2, 0.25) is 5.88 Å². The van der Waals surface area contributed by atoms with Gasteiger partial charge in [-0.15, -0.1) is 0 Å².